The average molecular weight is 334 g/mol. The van der Waals surface area contributed by atoms with Crippen molar-refractivity contribution in [3.63, 3.8) is 0 Å². The van der Waals surface area contributed by atoms with Crippen LogP contribution < -0.4 is 4.90 Å². The molecule has 0 saturated carbocycles. The van der Waals surface area contributed by atoms with Crippen molar-refractivity contribution in [1.29, 1.82) is 0 Å². The van der Waals surface area contributed by atoms with E-state index in [2.05, 4.69) is 27.6 Å². The predicted molar refractivity (Wildman–Crippen MR) is 71.6 cm³/mol. The molecule has 88 valence electrons. The van der Waals surface area contributed by atoms with Crippen LogP contribution in [0.5, 0.6) is 0 Å². The van der Waals surface area contributed by atoms with E-state index in [1.165, 1.54) is 4.90 Å². The van der Waals surface area contributed by atoms with Gasteiger partial charge >= 0.3 is 6.09 Å². The topological polar surface area (TPSA) is 42.4 Å². The standard InChI is InChI=1S/C11H15IN2O2/c1-11(2,3)16-10(15)14(4)9-7-13-6-5-8(9)12/h5-7H,1-4H3. The van der Waals surface area contributed by atoms with Crippen LogP contribution in [0.2, 0.25) is 0 Å². The molecule has 1 heterocycles. The molecule has 0 fully saturated rings. The number of hydrogen-bond acceptors (Lipinski definition) is 3. The van der Waals surface area contributed by atoms with Gasteiger partial charge in [0, 0.05) is 16.8 Å². The molecule has 4 nitrogen and oxygen atoms in total. The third-order valence-corrected chi connectivity index (χ3v) is 2.69. The second-order valence-electron chi connectivity index (χ2n) is 4.37. The van der Waals surface area contributed by atoms with Crippen molar-refractivity contribution in [1.82, 2.24) is 4.98 Å². The molecule has 0 radical (unpaired) electrons. The van der Waals surface area contributed by atoms with Gasteiger partial charge < -0.3 is 4.74 Å². The van der Waals surface area contributed by atoms with Crippen LogP contribution in [0.3, 0.4) is 0 Å². The summed E-state index contributed by atoms with van der Waals surface area (Å²) in [7, 11) is 1.67. The number of pyridine rings is 1. The molecule has 0 saturated heterocycles. The van der Waals surface area contributed by atoms with Crippen molar-refractivity contribution in [3.8, 4) is 0 Å². The lowest BCUT2D eigenvalue weighted by atomic mass is 10.2. The first-order valence-electron chi connectivity index (χ1n) is 4.87. The molecule has 0 unspecified atom stereocenters. The molecule has 1 aromatic heterocycles. The molecule has 0 spiro atoms. The fourth-order valence-electron chi connectivity index (χ4n) is 1.04. The van der Waals surface area contributed by atoms with Crippen molar-refractivity contribution in [3.05, 3.63) is 22.0 Å². The molecule has 0 aliphatic carbocycles. The number of rotatable bonds is 1. The Morgan fingerprint density at radius 1 is 1.50 bits per heavy atom. The Morgan fingerprint density at radius 3 is 2.62 bits per heavy atom. The number of anilines is 1. The quantitative estimate of drug-likeness (QED) is 0.742. The van der Waals surface area contributed by atoms with Gasteiger partial charge in [0.1, 0.15) is 5.60 Å². The molecule has 0 atom stereocenters. The maximum Gasteiger partial charge on any atom is 0.414 e. The van der Waals surface area contributed by atoms with Crippen LogP contribution in [-0.2, 0) is 4.74 Å². The number of nitrogens with zero attached hydrogens (tertiary/aromatic N) is 2. The minimum absolute atomic E-state index is 0.376. The Bertz CT molecular complexity index is 388. The zero-order chi connectivity index (χ0) is 12.3. The fourth-order valence-corrected chi connectivity index (χ4v) is 1.71. The molecule has 0 aliphatic rings. The zero-order valence-corrected chi connectivity index (χ0v) is 12.0. The van der Waals surface area contributed by atoms with E-state index in [1.54, 1.807) is 19.4 Å². The van der Waals surface area contributed by atoms with Crippen LogP contribution in [-0.4, -0.2) is 23.7 Å². The molecule has 1 aromatic rings. The SMILES string of the molecule is CN(C(=O)OC(C)(C)C)c1cnccc1I. The van der Waals surface area contributed by atoms with Gasteiger partial charge in [-0.3, -0.25) is 9.88 Å². The van der Waals surface area contributed by atoms with E-state index >= 15 is 0 Å². The number of amides is 1. The Labute approximate surface area is 109 Å². The molecule has 16 heavy (non-hydrogen) atoms. The van der Waals surface area contributed by atoms with Gasteiger partial charge in [-0.05, 0) is 49.4 Å². The lowest BCUT2D eigenvalue weighted by Crippen LogP contribution is -2.34. The second kappa shape index (κ2) is 4.99. The van der Waals surface area contributed by atoms with Crippen LogP contribution in [0.4, 0.5) is 10.5 Å². The van der Waals surface area contributed by atoms with Gasteiger partial charge in [-0.1, -0.05) is 0 Å². The molecule has 0 aromatic carbocycles. The summed E-state index contributed by atoms with van der Waals surface area (Å²) in [5.41, 5.74) is 0.260. The third kappa shape index (κ3) is 3.62. The van der Waals surface area contributed by atoms with E-state index in [1.807, 2.05) is 26.8 Å². The molecule has 1 amide bonds. The van der Waals surface area contributed by atoms with E-state index in [0.717, 1.165) is 9.26 Å². The summed E-state index contributed by atoms with van der Waals surface area (Å²) in [6, 6.07) is 1.84. The minimum Gasteiger partial charge on any atom is -0.443 e. The van der Waals surface area contributed by atoms with Gasteiger partial charge in [0.25, 0.3) is 0 Å². The Kier molecular flexibility index (Phi) is 4.12. The molecular formula is C11H15IN2O2. The molecule has 1 rings (SSSR count). The normalized spacial score (nSPS) is 11.1. The predicted octanol–water partition coefficient (Wildman–Crippen LogP) is 3.06. The van der Waals surface area contributed by atoms with Crippen LogP contribution in [0.1, 0.15) is 20.8 Å². The Balaban J connectivity index is 2.83. The largest absolute Gasteiger partial charge is 0.443 e. The Morgan fingerprint density at radius 2 is 2.12 bits per heavy atom. The molecular weight excluding hydrogens is 319 g/mol. The average Bonchev–Trinajstić information content (AvgIpc) is 2.15. The first kappa shape index (κ1) is 13.2. The lowest BCUT2D eigenvalue weighted by molar-refractivity contribution is 0.0589. The van der Waals surface area contributed by atoms with Gasteiger partial charge in [-0.2, -0.15) is 0 Å². The van der Waals surface area contributed by atoms with Crippen molar-refractivity contribution in [2.45, 2.75) is 26.4 Å². The van der Waals surface area contributed by atoms with Crippen LogP contribution in [0.15, 0.2) is 18.5 Å². The van der Waals surface area contributed by atoms with E-state index < -0.39 is 5.60 Å². The molecule has 0 bridgehead atoms. The summed E-state index contributed by atoms with van der Waals surface area (Å²) >= 11 is 2.16. The Hall–Kier alpha value is -0.850. The number of aromatic nitrogens is 1. The van der Waals surface area contributed by atoms with E-state index in [9.17, 15) is 4.79 Å². The number of carbonyl (C=O) groups excluding carboxylic acids is 1. The summed E-state index contributed by atoms with van der Waals surface area (Å²) < 4.78 is 6.22. The smallest absolute Gasteiger partial charge is 0.414 e. The number of ether oxygens (including phenoxy) is 1. The van der Waals surface area contributed by atoms with Crippen LogP contribution >= 0.6 is 22.6 Å². The number of hydrogen-bond donors (Lipinski definition) is 0. The highest BCUT2D eigenvalue weighted by molar-refractivity contribution is 14.1. The third-order valence-electron chi connectivity index (χ3n) is 1.78. The highest BCUT2D eigenvalue weighted by Gasteiger charge is 2.21. The van der Waals surface area contributed by atoms with Gasteiger partial charge in [0.15, 0.2) is 0 Å². The molecule has 0 N–H and O–H groups in total. The van der Waals surface area contributed by atoms with Crippen molar-refractivity contribution in [2.75, 3.05) is 11.9 Å². The molecule has 5 heteroatoms. The second-order valence-corrected chi connectivity index (χ2v) is 5.53. The van der Waals surface area contributed by atoms with E-state index in [4.69, 9.17) is 4.74 Å². The van der Waals surface area contributed by atoms with Crippen LogP contribution in [0, 0.1) is 3.57 Å². The highest BCUT2D eigenvalue weighted by atomic mass is 127. The monoisotopic (exact) mass is 334 g/mol. The highest BCUT2D eigenvalue weighted by Crippen LogP contribution is 2.21. The molecule has 0 aliphatic heterocycles. The van der Waals surface area contributed by atoms with Crippen LogP contribution in [0.25, 0.3) is 0 Å². The summed E-state index contributed by atoms with van der Waals surface area (Å²) in [4.78, 5) is 17.2. The summed E-state index contributed by atoms with van der Waals surface area (Å²) in [5.74, 6) is 0. The summed E-state index contributed by atoms with van der Waals surface area (Å²) in [5, 5.41) is 0. The number of carbonyl (C=O) groups is 1. The van der Waals surface area contributed by atoms with Crippen molar-refractivity contribution < 1.29 is 9.53 Å². The van der Waals surface area contributed by atoms with E-state index in [-0.39, 0.29) is 6.09 Å². The first-order valence-corrected chi connectivity index (χ1v) is 5.95. The summed E-state index contributed by atoms with van der Waals surface area (Å²) in [6.07, 6.45) is 2.96. The van der Waals surface area contributed by atoms with Crippen molar-refractivity contribution >= 4 is 34.4 Å². The van der Waals surface area contributed by atoms with Gasteiger partial charge in [-0.25, -0.2) is 4.79 Å². The van der Waals surface area contributed by atoms with Crippen molar-refractivity contribution in [2.24, 2.45) is 0 Å². The minimum atomic E-state index is -0.487. The van der Waals surface area contributed by atoms with Gasteiger partial charge in [-0.15, -0.1) is 0 Å². The van der Waals surface area contributed by atoms with Gasteiger partial charge in [0.05, 0.1) is 11.9 Å². The maximum absolute atomic E-state index is 11.8. The maximum atomic E-state index is 11.8. The van der Waals surface area contributed by atoms with Gasteiger partial charge in [0.2, 0.25) is 0 Å². The lowest BCUT2D eigenvalue weighted by Gasteiger charge is -2.24. The fraction of sp³-hybridized carbons (Fsp3) is 0.455. The van der Waals surface area contributed by atoms with E-state index in [0.29, 0.717) is 0 Å². The first-order chi connectivity index (χ1) is 7.31. The summed E-state index contributed by atoms with van der Waals surface area (Å²) in [6.45, 7) is 5.52. The number of halogens is 1. The zero-order valence-electron chi connectivity index (χ0n) is 9.82.